The molecule has 33 heavy (non-hydrogen) atoms. The molecule has 0 atom stereocenters. The van der Waals surface area contributed by atoms with Gasteiger partial charge in [0.2, 0.25) is 21.9 Å². The third-order valence-electron chi connectivity index (χ3n) is 6.07. The van der Waals surface area contributed by atoms with Gasteiger partial charge in [-0.05, 0) is 50.3 Å². The summed E-state index contributed by atoms with van der Waals surface area (Å²) in [5.41, 5.74) is 1.12. The Morgan fingerprint density at radius 3 is 2.52 bits per heavy atom. The van der Waals surface area contributed by atoms with E-state index in [9.17, 15) is 13.2 Å². The molecule has 2 heterocycles. The van der Waals surface area contributed by atoms with Gasteiger partial charge in [0, 0.05) is 37.9 Å². The Balaban J connectivity index is 1.44. The Morgan fingerprint density at radius 2 is 1.88 bits per heavy atom. The van der Waals surface area contributed by atoms with Crippen LogP contribution >= 0.6 is 11.8 Å². The number of hydrogen-bond donors (Lipinski definition) is 1. The van der Waals surface area contributed by atoms with Crippen molar-refractivity contribution in [3.63, 3.8) is 0 Å². The predicted octanol–water partition coefficient (Wildman–Crippen LogP) is 3.28. The number of benzene rings is 1. The molecule has 1 saturated heterocycles. The zero-order chi connectivity index (χ0) is 23.6. The molecule has 2 aromatic rings. The summed E-state index contributed by atoms with van der Waals surface area (Å²) < 4.78 is 29.5. The zero-order valence-corrected chi connectivity index (χ0v) is 21.1. The van der Waals surface area contributed by atoms with Crippen molar-refractivity contribution in [1.82, 2.24) is 19.1 Å². The topological polar surface area (TPSA) is 100 Å². The van der Waals surface area contributed by atoms with E-state index in [1.807, 2.05) is 13.8 Å². The fourth-order valence-electron chi connectivity index (χ4n) is 4.14. The second-order valence-electron chi connectivity index (χ2n) is 8.48. The van der Waals surface area contributed by atoms with E-state index in [4.69, 9.17) is 0 Å². The molecule has 180 valence electrons. The molecule has 11 heteroatoms. The third-order valence-corrected chi connectivity index (χ3v) is 9.21. The van der Waals surface area contributed by atoms with Crippen molar-refractivity contribution in [1.29, 1.82) is 0 Å². The molecule has 1 aliphatic carbocycles. The van der Waals surface area contributed by atoms with E-state index in [1.165, 1.54) is 28.9 Å². The standard InChI is InChI=1S/C22H32N6O3S2/c1-4-27(5-2)33(30,31)19-14-17(9-8-16(19)3)23-20(29)15-32-22-25-24-21(26-12-6-7-13-26)28(22)18-10-11-18/h8-9,14,18H,4-7,10-13,15H2,1-3H3,(H,23,29). The Kier molecular flexibility index (Phi) is 7.30. The maximum atomic E-state index is 13.0. The van der Waals surface area contributed by atoms with E-state index in [2.05, 4.69) is 25.0 Å². The summed E-state index contributed by atoms with van der Waals surface area (Å²) in [6.07, 6.45) is 4.58. The van der Waals surface area contributed by atoms with Gasteiger partial charge in [0.05, 0.1) is 10.6 Å². The molecule has 1 amide bonds. The minimum atomic E-state index is -3.61. The van der Waals surface area contributed by atoms with Crippen LogP contribution in [0, 0.1) is 6.92 Å². The van der Waals surface area contributed by atoms with Crippen molar-refractivity contribution in [2.24, 2.45) is 0 Å². The number of nitrogens with one attached hydrogen (secondary N) is 1. The number of sulfonamides is 1. The Bertz CT molecular complexity index is 1100. The van der Waals surface area contributed by atoms with Gasteiger partial charge in [-0.15, -0.1) is 10.2 Å². The number of hydrogen-bond acceptors (Lipinski definition) is 7. The van der Waals surface area contributed by atoms with Gasteiger partial charge in [0.15, 0.2) is 5.16 Å². The van der Waals surface area contributed by atoms with Crippen molar-refractivity contribution in [3.05, 3.63) is 23.8 Å². The first-order valence-electron chi connectivity index (χ1n) is 11.6. The van der Waals surface area contributed by atoms with Crippen LogP contribution < -0.4 is 10.2 Å². The highest BCUT2D eigenvalue weighted by Gasteiger charge is 2.32. The van der Waals surface area contributed by atoms with Gasteiger partial charge in [-0.25, -0.2) is 8.42 Å². The van der Waals surface area contributed by atoms with Gasteiger partial charge < -0.3 is 10.2 Å². The fourth-order valence-corrected chi connectivity index (χ4v) is 6.65. The summed E-state index contributed by atoms with van der Waals surface area (Å²) in [6, 6.07) is 5.43. The van der Waals surface area contributed by atoms with Crippen molar-refractivity contribution in [2.75, 3.05) is 42.1 Å². The van der Waals surface area contributed by atoms with E-state index < -0.39 is 10.0 Å². The van der Waals surface area contributed by atoms with Crippen LogP contribution in [0.25, 0.3) is 0 Å². The highest BCUT2D eigenvalue weighted by atomic mass is 32.2. The van der Waals surface area contributed by atoms with Gasteiger partial charge in [-0.1, -0.05) is 31.7 Å². The van der Waals surface area contributed by atoms with Crippen molar-refractivity contribution in [3.8, 4) is 0 Å². The van der Waals surface area contributed by atoms with Crippen LogP contribution in [-0.2, 0) is 14.8 Å². The van der Waals surface area contributed by atoms with Crippen LogP contribution in [0.15, 0.2) is 28.3 Å². The Labute approximate surface area is 200 Å². The summed E-state index contributed by atoms with van der Waals surface area (Å²) in [6.45, 7) is 8.19. The van der Waals surface area contributed by atoms with Gasteiger partial charge in [-0.3, -0.25) is 9.36 Å². The number of carbonyl (C=O) groups excluding carboxylic acids is 1. The summed E-state index contributed by atoms with van der Waals surface area (Å²) in [7, 11) is -3.61. The van der Waals surface area contributed by atoms with E-state index in [0.29, 0.717) is 30.4 Å². The van der Waals surface area contributed by atoms with Crippen LogP contribution in [-0.4, -0.2) is 65.3 Å². The molecule has 1 aromatic carbocycles. The maximum Gasteiger partial charge on any atom is 0.243 e. The lowest BCUT2D eigenvalue weighted by molar-refractivity contribution is -0.113. The SMILES string of the molecule is CCN(CC)S(=O)(=O)c1cc(NC(=O)CSc2nnc(N3CCCC3)n2C2CC2)ccc1C. The lowest BCUT2D eigenvalue weighted by Crippen LogP contribution is -2.31. The monoisotopic (exact) mass is 492 g/mol. The van der Waals surface area contributed by atoms with Crippen molar-refractivity contribution < 1.29 is 13.2 Å². The predicted molar refractivity (Wildman–Crippen MR) is 130 cm³/mol. The number of aromatic nitrogens is 3. The van der Waals surface area contributed by atoms with Crippen molar-refractivity contribution in [2.45, 2.75) is 62.5 Å². The number of carbonyl (C=O) groups is 1. The number of rotatable bonds is 10. The quantitative estimate of drug-likeness (QED) is 0.508. The van der Waals surface area contributed by atoms with E-state index in [1.54, 1.807) is 25.1 Å². The first kappa shape index (κ1) is 24.0. The molecule has 1 aliphatic heterocycles. The van der Waals surface area contributed by atoms with Gasteiger partial charge in [0.1, 0.15) is 0 Å². The molecule has 9 nitrogen and oxygen atoms in total. The second kappa shape index (κ2) is 10.0. The number of nitrogens with zero attached hydrogens (tertiary/aromatic N) is 5. The van der Waals surface area contributed by atoms with Crippen LogP contribution in [0.2, 0.25) is 0 Å². The highest BCUT2D eigenvalue weighted by Crippen LogP contribution is 2.41. The normalized spacial score (nSPS) is 16.5. The zero-order valence-electron chi connectivity index (χ0n) is 19.5. The van der Waals surface area contributed by atoms with Gasteiger partial charge >= 0.3 is 0 Å². The van der Waals surface area contributed by atoms with Crippen LogP contribution in [0.3, 0.4) is 0 Å². The van der Waals surface area contributed by atoms with E-state index >= 15 is 0 Å². The number of aryl methyl sites for hydroxylation is 1. The minimum absolute atomic E-state index is 0.177. The van der Waals surface area contributed by atoms with Crippen LogP contribution in [0.1, 0.15) is 51.1 Å². The van der Waals surface area contributed by atoms with Crippen molar-refractivity contribution >= 4 is 39.3 Å². The molecule has 2 fully saturated rings. The molecule has 0 bridgehead atoms. The average molecular weight is 493 g/mol. The van der Waals surface area contributed by atoms with Crippen LogP contribution in [0.4, 0.5) is 11.6 Å². The molecule has 1 aromatic heterocycles. The van der Waals surface area contributed by atoms with Gasteiger partial charge in [0.25, 0.3) is 0 Å². The minimum Gasteiger partial charge on any atom is -0.341 e. The summed E-state index contributed by atoms with van der Waals surface area (Å²) in [4.78, 5) is 15.2. The Hall–Kier alpha value is -2.11. The molecule has 0 radical (unpaired) electrons. The van der Waals surface area contributed by atoms with E-state index in [-0.39, 0.29) is 16.6 Å². The maximum absolute atomic E-state index is 13.0. The first-order valence-corrected chi connectivity index (χ1v) is 14.0. The lowest BCUT2D eigenvalue weighted by atomic mass is 10.2. The summed E-state index contributed by atoms with van der Waals surface area (Å²) in [5, 5.41) is 12.4. The highest BCUT2D eigenvalue weighted by molar-refractivity contribution is 7.99. The number of anilines is 2. The molecule has 0 spiro atoms. The second-order valence-corrected chi connectivity index (χ2v) is 11.3. The van der Waals surface area contributed by atoms with Gasteiger partial charge in [-0.2, -0.15) is 4.31 Å². The van der Waals surface area contributed by atoms with Crippen LogP contribution in [0.5, 0.6) is 0 Å². The smallest absolute Gasteiger partial charge is 0.243 e. The molecule has 1 N–H and O–H groups in total. The molecule has 0 unspecified atom stereocenters. The number of thioether (sulfide) groups is 1. The number of amides is 1. The van der Waals surface area contributed by atoms with E-state index in [0.717, 1.165) is 37.0 Å². The molecule has 1 saturated carbocycles. The first-order chi connectivity index (χ1) is 15.8. The Morgan fingerprint density at radius 1 is 1.18 bits per heavy atom. The molecular formula is C22H32N6O3S2. The largest absolute Gasteiger partial charge is 0.341 e. The lowest BCUT2D eigenvalue weighted by Gasteiger charge is -2.20. The summed E-state index contributed by atoms with van der Waals surface area (Å²) >= 11 is 1.37. The molecular weight excluding hydrogens is 460 g/mol. The molecule has 2 aliphatic rings. The summed E-state index contributed by atoms with van der Waals surface area (Å²) in [5.74, 6) is 0.891. The third kappa shape index (κ3) is 5.20. The average Bonchev–Trinajstić information content (AvgIpc) is 3.30. The molecule has 4 rings (SSSR count). The fraction of sp³-hybridized carbons (Fsp3) is 0.591.